The Bertz CT molecular complexity index is 1870. The van der Waals surface area contributed by atoms with Crippen molar-refractivity contribution >= 4 is 23.7 Å². The van der Waals surface area contributed by atoms with E-state index in [1.807, 2.05) is 95.9 Å². The van der Waals surface area contributed by atoms with Gasteiger partial charge in [0.15, 0.2) is 18.7 Å². The van der Waals surface area contributed by atoms with E-state index in [0.717, 1.165) is 16.7 Å². The SMILES string of the molecule is NC(N)=NC(=O)OCc1cccc(-c2cnc(N3CC(=NOCC(F)COC(c4ccccc4)(c4ccccc4)c4ccccc4)C3)nc2)c1F. The first-order chi connectivity index (χ1) is 24.8. The zero-order valence-corrected chi connectivity index (χ0v) is 27.4. The van der Waals surface area contributed by atoms with Crippen molar-refractivity contribution in [1.29, 1.82) is 0 Å². The maximum absolute atomic E-state index is 15.3. The van der Waals surface area contributed by atoms with Crippen LogP contribution in [0, 0.1) is 5.82 Å². The molecule has 1 saturated heterocycles. The molecule has 51 heavy (non-hydrogen) atoms. The average molecular weight is 692 g/mol. The maximum atomic E-state index is 15.3. The van der Waals surface area contributed by atoms with E-state index in [2.05, 4.69) is 20.1 Å². The third-order valence-electron chi connectivity index (χ3n) is 8.10. The molecule has 4 N–H and O–H groups in total. The normalized spacial score (nSPS) is 13.1. The first-order valence-electron chi connectivity index (χ1n) is 16.1. The molecule has 0 saturated carbocycles. The van der Waals surface area contributed by atoms with Crippen molar-refractivity contribution in [2.45, 2.75) is 18.4 Å². The number of alkyl halides is 1. The highest BCUT2D eigenvalue weighted by molar-refractivity contribution is 5.98. The fraction of sp³-hybridized carbons (Fsp3) is 0.184. The number of aliphatic imine (C=N–C) groups is 1. The molecular formula is C38H35F2N7O4. The van der Waals surface area contributed by atoms with Gasteiger partial charge in [-0.3, -0.25) is 0 Å². The van der Waals surface area contributed by atoms with Gasteiger partial charge in [-0.05, 0) is 16.7 Å². The van der Waals surface area contributed by atoms with Gasteiger partial charge in [-0.1, -0.05) is 114 Å². The van der Waals surface area contributed by atoms with Crippen LogP contribution in [0.15, 0.2) is 132 Å². The molecule has 13 heteroatoms. The topological polar surface area (TPSA) is 151 Å². The van der Waals surface area contributed by atoms with E-state index in [1.54, 1.807) is 12.1 Å². The lowest BCUT2D eigenvalue weighted by molar-refractivity contribution is -0.0372. The van der Waals surface area contributed by atoms with E-state index in [9.17, 15) is 4.79 Å². The molecule has 1 unspecified atom stereocenters. The number of nitrogens with zero attached hydrogens (tertiary/aromatic N) is 5. The van der Waals surface area contributed by atoms with Crippen molar-refractivity contribution in [3.05, 3.63) is 150 Å². The fourth-order valence-electron chi connectivity index (χ4n) is 5.65. The number of carbonyl (C=O) groups is 1. The van der Waals surface area contributed by atoms with Crippen molar-refractivity contribution in [1.82, 2.24) is 9.97 Å². The second-order valence-electron chi connectivity index (χ2n) is 11.6. The summed E-state index contributed by atoms with van der Waals surface area (Å²) in [5, 5.41) is 4.11. The molecule has 1 aliphatic heterocycles. The van der Waals surface area contributed by atoms with Gasteiger partial charge in [0.2, 0.25) is 5.95 Å². The second-order valence-corrected chi connectivity index (χ2v) is 11.6. The number of amides is 1. The van der Waals surface area contributed by atoms with Gasteiger partial charge in [-0.2, -0.15) is 0 Å². The van der Waals surface area contributed by atoms with Crippen LogP contribution in [0.2, 0.25) is 0 Å². The van der Waals surface area contributed by atoms with Crippen LogP contribution in [-0.4, -0.2) is 60.2 Å². The van der Waals surface area contributed by atoms with Crippen LogP contribution in [-0.2, 0) is 26.5 Å². The Labute approximate surface area is 293 Å². The standard InChI is InChI=1S/C38H35F2N7O4/c39-31(24-50-38(28-12-4-1-5-13-28,29-14-6-2-7-15-29)30-16-8-3-9-17-30)25-51-46-32-21-47(22-32)36-43-19-27(20-44-36)33-18-10-11-26(34(33)40)23-49-37(48)45-35(41)42/h1-20,31H,21-25H2,(H4,41,42,45,48). The smallest absolute Gasteiger partial charge is 0.437 e. The lowest BCUT2D eigenvalue weighted by Gasteiger charge is -2.36. The van der Waals surface area contributed by atoms with Gasteiger partial charge in [0.05, 0.1) is 25.4 Å². The highest BCUT2D eigenvalue weighted by atomic mass is 19.1. The lowest BCUT2D eigenvalue weighted by atomic mass is 9.80. The first kappa shape index (κ1) is 34.6. The van der Waals surface area contributed by atoms with Gasteiger partial charge in [0, 0.05) is 29.1 Å². The molecular weight excluding hydrogens is 656 g/mol. The highest BCUT2D eigenvalue weighted by Crippen LogP contribution is 2.40. The minimum absolute atomic E-state index is 0.129. The van der Waals surface area contributed by atoms with E-state index < -0.39 is 29.6 Å². The Morgan fingerprint density at radius 2 is 1.39 bits per heavy atom. The monoisotopic (exact) mass is 691 g/mol. The van der Waals surface area contributed by atoms with Crippen LogP contribution in [0.3, 0.4) is 0 Å². The van der Waals surface area contributed by atoms with Gasteiger partial charge in [-0.15, -0.1) is 4.99 Å². The number of anilines is 1. The number of hydrogen-bond acceptors (Lipinski definition) is 8. The van der Waals surface area contributed by atoms with Crippen LogP contribution in [0.5, 0.6) is 0 Å². The third-order valence-corrected chi connectivity index (χ3v) is 8.10. The van der Waals surface area contributed by atoms with Gasteiger partial charge in [-0.25, -0.2) is 23.5 Å². The maximum Gasteiger partial charge on any atom is 0.437 e. The summed E-state index contributed by atoms with van der Waals surface area (Å²) in [5.41, 5.74) is 13.4. The lowest BCUT2D eigenvalue weighted by Crippen LogP contribution is -2.48. The summed E-state index contributed by atoms with van der Waals surface area (Å²) in [4.78, 5) is 30.8. The molecule has 0 bridgehead atoms. The molecule has 0 aliphatic carbocycles. The second kappa shape index (κ2) is 16.0. The Morgan fingerprint density at radius 3 is 1.94 bits per heavy atom. The molecule has 1 atom stereocenters. The summed E-state index contributed by atoms with van der Waals surface area (Å²) >= 11 is 0. The summed E-state index contributed by atoms with van der Waals surface area (Å²) < 4.78 is 41.9. The van der Waals surface area contributed by atoms with Crippen molar-refractivity contribution in [3.63, 3.8) is 0 Å². The highest BCUT2D eigenvalue weighted by Gasteiger charge is 2.38. The molecule has 6 rings (SSSR count). The molecule has 1 fully saturated rings. The predicted octanol–water partition coefficient (Wildman–Crippen LogP) is 5.73. The molecule has 1 amide bonds. The summed E-state index contributed by atoms with van der Waals surface area (Å²) in [7, 11) is 0. The number of hydrogen-bond donors (Lipinski definition) is 2. The molecule has 1 aliphatic rings. The molecule has 1 aromatic heterocycles. The van der Waals surface area contributed by atoms with Crippen LogP contribution in [0.4, 0.5) is 19.5 Å². The number of carbonyl (C=O) groups excluding carboxylic acids is 1. The number of aromatic nitrogens is 2. The van der Waals surface area contributed by atoms with E-state index in [4.69, 9.17) is 25.8 Å². The van der Waals surface area contributed by atoms with E-state index in [0.29, 0.717) is 30.3 Å². The molecule has 0 spiro atoms. The molecule has 0 radical (unpaired) electrons. The zero-order chi connectivity index (χ0) is 35.6. The number of ether oxygens (including phenoxy) is 2. The third kappa shape index (κ3) is 8.16. The number of oxime groups is 1. The summed E-state index contributed by atoms with van der Waals surface area (Å²) in [5.74, 6) is -0.636. The Morgan fingerprint density at radius 1 is 0.824 bits per heavy atom. The first-order valence-corrected chi connectivity index (χ1v) is 16.1. The Balaban J connectivity index is 1.04. The predicted molar refractivity (Wildman–Crippen MR) is 189 cm³/mol. The van der Waals surface area contributed by atoms with Crippen molar-refractivity contribution < 1.29 is 27.9 Å². The van der Waals surface area contributed by atoms with E-state index >= 15 is 8.78 Å². The summed E-state index contributed by atoms with van der Waals surface area (Å²) in [6.07, 6.45) is 0.508. The minimum Gasteiger partial charge on any atom is -0.443 e. The Kier molecular flexibility index (Phi) is 10.9. The van der Waals surface area contributed by atoms with Gasteiger partial charge < -0.3 is 30.7 Å². The average Bonchev–Trinajstić information content (AvgIpc) is 3.14. The van der Waals surface area contributed by atoms with Gasteiger partial charge >= 0.3 is 6.09 Å². The van der Waals surface area contributed by atoms with Crippen LogP contribution in [0.1, 0.15) is 22.3 Å². The minimum atomic E-state index is -1.46. The molecule has 5 aromatic rings. The Hall–Kier alpha value is -6.21. The van der Waals surface area contributed by atoms with Crippen LogP contribution >= 0.6 is 0 Å². The van der Waals surface area contributed by atoms with Crippen molar-refractivity contribution in [2.75, 3.05) is 31.2 Å². The van der Waals surface area contributed by atoms with Gasteiger partial charge in [0.1, 0.15) is 18.0 Å². The number of benzene rings is 4. The molecule has 4 aromatic carbocycles. The quantitative estimate of drug-likeness (QED) is 0.0683. The summed E-state index contributed by atoms with van der Waals surface area (Å²) in [6, 6.07) is 34.0. The summed E-state index contributed by atoms with van der Waals surface area (Å²) in [6.45, 7) is -0.115. The van der Waals surface area contributed by atoms with Crippen molar-refractivity contribution in [3.8, 4) is 11.1 Å². The number of rotatable bonds is 13. The number of guanidine groups is 1. The van der Waals surface area contributed by atoms with Crippen molar-refractivity contribution in [2.24, 2.45) is 21.6 Å². The zero-order valence-electron chi connectivity index (χ0n) is 27.4. The fourth-order valence-corrected chi connectivity index (χ4v) is 5.65. The van der Waals surface area contributed by atoms with E-state index in [1.165, 1.54) is 18.5 Å². The number of halogens is 2. The molecule has 2 heterocycles. The number of nitrogens with two attached hydrogens (primary N) is 2. The molecule has 11 nitrogen and oxygen atoms in total. The van der Waals surface area contributed by atoms with E-state index in [-0.39, 0.29) is 30.9 Å². The van der Waals surface area contributed by atoms with Crippen LogP contribution in [0.25, 0.3) is 11.1 Å². The van der Waals surface area contributed by atoms with Crippen LogP contribution < -0.4 is 16.4 Å². The van der Waals surface area contributed by atoms with Gasteiger partial charge in [0.25, 0.3) is 0 Å². The largest absolute Gasteiger partial charge is 0.443 e. The molecule has 260 valence electrons.